The molecule has 0 spiro atoms. The number of nitrogens with zero attached hydrogens (tertiary/aromatic N) is 2. The number of hydrogen-bond acceptors (Lipinski definition) is 3. The molecule has 1 heterocycles. The fraction of sp³-hybridized carbons (Fsp3) is 0.538. The summed E-state index contributed by atoms with van der Waals surface area (Å²) in [5, 5.41) is 5.56. The zero-order valence-corrected chi connectivity index (χ0v) is 11.5. The lowest BCUT2D eigenvalue weighted by Gasteiger charge is -2.17. The highest BCUT2D eigenvalue weighted by Crippen LogP contribution is 2.03. The Morgan fingerprint density at radius 1 is 1.44 bits per heavy atom. The molecule has 0 unspecified atom stereocenters. The lowest BCUT2D eigenvalue weighted by atomic mass is 10.2. The van der Waals surface area contributed by atoms with Gasteiger partial charge in [0, 0.05) is 18.8 Å². The van der Waals surface area contributed by atoms with Crippen molar-refractivity contribution in [2.75, 3.05) is 32.5 Å². The molecule has 0 aliphatic rings. The normalized spacial score (nSPS) is 12.3. The lowest BCUT2D eigenvalue weighted by Crippen LogP contribution is -2.35. The van der Waals surface area contributed by atoms with Gasteiger partial charge in [-0.2, -0.15) is 0 Å². The number of aromatic nitrogens is 1. The Hall–Kier alpha value is -1.62. The summed E-state index contributed by atoms with van der Waals surface area (Å²) in [6, 6.07) is 5.32. The Kier molecular flexibility index (Phi) is 5.58. The van der Waals surface area contributed by atoms with Crippen molar-refractivity contribution in [3.8, 4) is 0 Å². The Morgan fingerprint density at radius 3 is 2.78 bits per heavy atom. The van der Waals surface area contributed by atoms with Gasteiger partial charge in [-0.15, -0.1) is 0 Å². The summed E-state index contributed by atoms with van der Waals surface area (Å²) in [4.78, 5) is 18.0. The molecule has 1 aromatic rings. The van der Waals surface area contributed by atoms with Gasteiger partial charge in [-0.25, -0.2) is 9.78 Å². The molecule has 0 radical (unpaired) electrons. The summed E-state index contributed by atoms with van der Waals surface area (Å²) in [7, 11) is 4.04. The van der Waals surface area contributed by atoms with Crippen LogP contribution < -0.4 is 10.6 Å². The van der Waals surface area contributed by atoms with Crippen LogP contribution in [0.15, 0.2) is 18.2 Å². The topological polar surface area (TPSA) is 57.3 Å². The van der Waals surface area contributed by atoms with Gasteiger partial charge in [0.15, 0.2) is 0 Å². The number of aryl methyl sites for hydroxylation is 1. The predicted octanol–water partition coefficient (Wildman–Crippen LogP) is 1.71. The van der Waals surface area contributed by atoms with Crippen LogP contribution in [-0.2, 0) is 0 Å². The van der Waals surface area contributed by atoms with E-state index in [4.69, 9.17) is 0 Å². The van der Waals surface area contributed by atoms with E-state index in [0.29, 0.717) is 18.3 Å². The largest absolute Gasteiger partial charge is 0.338 e. The van der Waals surface area contributed by atoms with Crippen LogP contribution in [-0.4, -0.2) is 43.1 Å². The van der Waals surface area contributed by atoms with Crippen molar-refractivity contribution in [1.29, 1.82) is 0 Å². The Bertz CT molecular complexity index is 392. The zero-order chi connectivity index (χ0) is 13.5. The first-order valence-corrected chi connectivity index (χ1v) is 6.10. The zero-order valence-electron chi connectivity index (χ0n) is 11.5. The lowest BCUT2D eigenvalue weighted by molar-refractivity contribution is 0.248. The minimum absolute atomic E-state index is 0.210. The second-order valence-electron chi connectivity index (χ2n) is 4.87. The SMILES string of the molecule is Cc1cccc(NC(=O)NC[C@@H](C)CN(C)C)n1. The second kappa shape index (κ2) is 6.96. The number of nitrogens with one attached hydrogen (secondary N) is 2. The standard InChI is InChI=1S/C13H22N4O/c1-10(9-17(3)4)8-14-13(18)16-12-7-5-6-11(2)15-12/h5-7,10H,8-9H2,1-4H3,(H2,14,15,16,18)/t10-/m1/s1. The van der Waals surface area contributed by atoms with Crippen molar-refractivity contribution in [3.05, 3.63) is 23.9 Å². The minimum Gasteiger partial charge on any atom is -0.338 e. The Labute approximate surface area is 109 Å². The fourth-order valence-corrected chi connectivity index (χ4v) is 1.73. The van der Waals surface area contributed by atoms with Gasteiger partial charge in [0.25, 0.3) is 0 Å². The number of rotatable bonds is 5. The van der Waals surface area contributed by atoms with Gasteiger partial charge in [-0.3, -0.25) is 5.32 Å². The van der Waals surface area contributed by atoms with Crippen LogP contribution in [0.4, 0.5) is 10.6 Å². The number of hydrogen-bond donors (Lipinski definition) is 2. The third-order valence-corrected chi connectivity index (χ3v) is 2.42. The molecule has 0 fully saturated rings. The van der Waals surface area contributed by atoms with Gasteiger partial charge >= 0.3 is 6.03 Å². The molecule has 18 heavy (non-hydrogen) atoms. The molecule has 5 heteroatoms. The van der Waals surface area contributed by atoms with Crippen molar-refractivity contribution < 1.29 is 4.79 Å². The number of anilines is 1. The smallest absolute Gasteiger partial charge is 0.320 e. The van der Waals surface area contributed by atoms with E-state index < -0.39 is 0 Å². The molecule has 1 aromatic heterocycles. The quantitative estimate of drug-likeness (QED) is 0.836. The maximum Gasteiger partial charge on any atom is 0.320 e. The summed E-state index contributed by atoms with van der Waals surface area (Å²) in [6.45, 7) is 5.59. The van der Waals surface area contributed by atoms with Crippen molar-refractivity contribution in [2.24, 2.45) is 5.92 Å². The molecule has 0 saturated heterocycles. The molecule has 5 nitrogen and oxygen atoms in total. The molecular weight excluding hydrogens is 228 g/mol. The van der Waals surface area contributed by atoms with Crippen LogP contribution in [0.1, 0.15) is 12.6 Å². The maximum atomic E-state index is 11.6. The molecule has 1 rings (SSSR count). The Morgan fingerprint density at radius 2 is 2.17 bits per heavy atom. The molecule has 2 N–H and O–H groups in total. The third-order valence-electron chi connectivity index (χ3n) is 2.42. The van der Waals surface area contributed by atoms with Crippen LogP contribution in [0.25, 0.3) is 0 Å². The van der Waals surface area contributed by atoms with Crippen molar-refractivity contribution in [2.45, 2.75) is 13.8 Å². The minimum atomic E-state index is -0.210. The Balaban J connectivity index is 2.34. The molecule has 0 aliphatic carbocycles. The highest BCUT2D eigenvalue weighted by atomic mass is 16.2. The van der Waals surface area contributed by atoms with Gasteiger partial charge in [0.1, 0.15) is 5.82 Å². The van der Waals surface area contributed by atoms with Crippen LogP contribution in [0.3, 0.4) is 0 Å². The van der Waals surface area contributed by atoms with Crippen LogP contribution in [0.5, 0.6) is 0 Å². The molecule has 0 saturated carbocycles. The van der Waals surface area contributed by atoms with E-state index in [9.17, 15) is 4.79 Å². The monoisotopic (exact) mass is 250 g/mol. The van der Waals surface area contributed by atoms with Gasteiger partial charge in [-0.1, -0.05) is 13.0 Å². The fourth-order valence-electron chi connectivity index (χ4n) is 1.73. The molecule has 0 bridgehead atoms. The van der Waals surface area contributed by atoms with Crippen molar-refractivity contribution >= 4 is 11.8 Å². The van der Waals surface area contributed by atoms with Crippen LogP contribution in [0, 0.1) is 12.8 Å². The molecular formula is C13H22N4O. The van der Waals surface area contributed by atoms with Gasteiger partial charge in [-0.05, 0) is 39.1 Å². The number of pyridine rings is 1. The summed E-state index contributed by atoms with van der Waals surface area (Å²) >= 11 is 0. The highest BCUT2D eigenvalue weighted by molar-refractivity contribution is 5.88. The predicted molar refractivity (Wildman–Crippen MR) is 73.7 cm³/mol. The van der Waals surface area contributed by atoms with Gasteiger partial charge in [0.2, 0.25) is 0 Å². The average Bonchev–Trinajstić information content (AvgIpc) is 2.25. The first kappa shape index (κ1) is 14.4. The van der Waals surface area contributed by atoms with Crippen LogP contribution in [0.2, 0.25) is 0 Å². The molecule has 100 valence electrons. The number of carbonyl (C=O) groups is 1. The van der Waals surface area contributed by atoms with Gasteiger partial charge < -0.3 is 10.2 Å². The maximum absolute atomic E-state index is 11.6. The van der Waals surface area contributed by atoms with Crippen molar-refractivity contribution in [3.63, 3.8) is 0 Å². The number of urea groups is 1. The van der Waals surface area contributed by atoms with E-state index in [1.165, 1.54) is 0 Å². The first-order chi connectivity index (χ1) is 8.47. The summed E-state index contributed by atoms with van der Waals surface area (Å²) in [5.74, 6) is 0.990. The van der Waals surface area contributed by atoms with E-state index in [-0.39, 0.29) is 6.03 Å². The van der Waals surface area contributed by atoms with E-state index in [1.807, 2.05) is 33.2 Å². The molecule has 0 aliphatic heterocycles. The summed E-state index contributed by atoms with van der Waals surface area (Å²) in [5.41, 5.74) is 0.883. The summed E-state index contributed by atoms with van der Waals surface area (Å²) in [6.07, 6.45) is 0. The highest BCUT2D eigenvalue weighted by Gasteiger charge is 2.07. The van der Waals surface area contributed by atoms with Crippen molar-refractivity contribution in [1.82, 2.24) is 15.2 Å². The van der Waals surface area contributed by atoms with E-state index in [2.05, 4.69) is 27.4 Å². The molecule has 0 aromatic carbocycles. The number of carbonyl (C=O) groups excluding carboxylic acids is 1. The van der Waals surface area contributed by atoms with E-state index >= 15 is 0 Å². The van der Waals surface area contributed by atoms with E-state index in [1.54, 1.807) is 6.07 Å². The molecule has 2 amide bonds. The van der Waals surface area contributed by atoms with E-state index in [0.717, 1.165) is 12.2 Å². The third kappa shape index (κ3) is 5.63. The first-order valence-electron chi connectivity index (χ1n) is 6.10. The summed E-state index contributed by atoms with van der Waals surface area (Å²) < 4.78 is 0. The average molecular weight is 250 g/mol. The van der Waals surface area contributed by atoms with Gasteiger partial charge in [0.05, 0.1) is 0 Å². The number of amides is 2. The van der Waals surface area contributed by atoms with Crippen LogP contribution >= 0.6 is 0 Å². The molecule has 1 atom stereocenters. The second-order valence-corrected chi connectivity index (χ2v) is 4.87.